The van der Waals surface area contributed by atoms with E-state index in [-0.39, 0.29) is 16.9 Å². The quantitative estimate of drug-likeness (QED) is 0.436. The number of ketones is 1. The first-order chi connectivity index (χ1) is 13.3. The summed E-state index contributed by atoms with van der Waals surface area (Å²) < 4.78 is 4.89. The third kappa shape index (κ3) is 3.49. The maximum absolute atomic E-state index is 13.2. The van der Waals surface area contributed by atoms with Crippen LogP contribution in [-0.2, 0) is 14.3 Å². The fraction of sp³-hybridized carbons (Fsp3) is 0.136. The maximum Gasteiger partial charge on any atom is 0.340 e. The van der Waals surface area contributed by atoms with Gasteiger partial charge in [0.2, 0.25) is 0 Å². The number of amides is 1. The standard InChI is InChI=1S/C22H18ClNO4/c1-13-20(22(27)28-3)18(12-16-7-4-5-10-19(16)23)21(26)24(13)17-9-6-8-15(11-17)14(2)25/h4-12H,1-3H3/b18-12-. The third-order valence-corrected chi connectivity index (χ3v) is 4.85. The number of hydrogen-bond acceptors (Lipinski definition) is 4. The molecule has 2 aromatic rings. The van der Waals surface area contributed by atoms with E-state index in [2.05, 4.69) is 0 Å². The van der Waals surface area contributed by atoms with Gasteiger partial charge in [0.05, 0.1) is 18.3 Å². The summed E-state index contributed by atoms with van der Waals surface area (Å²) in [7, 11) is 1.26. The number of allylic oxidation sites excluding steroid dienone is 1. The second kappa shape index (κ2) is 7.82. The van der Waals surface area contributed by atoms with Gasteiger partial charge < -0.3 is 4.74 Å². The lowest BCUT2D eigenvalue weighted by atomic mass is 10.0. The lowest BCUT2D eigenvalue weighted by Crippen LogP contribution is -2.24. The molecule has 0 atom stereocenters. The fourth-order valence-electron chi connectivity index (χ4n) is 3.10. The zero-order valence-corrected chi connectivity index (χ0v) is 16.4. The summed E-state index contributed by atoms with van der Waals surface area (Å²) in [6.07, 6.45) is 1.58. The number of anilines is 1. The van der Waals surface area contributed by atoms with Crippen LogP contribution in [0.1, 0.15) is 29.8 Å². The molecule has 1 amide bonds. The van der Waals surface area contributed by atoms with E-state index in [4.69, 9.17) is 16.3 Å². The largest absolute Gasteiger partial charge is 0.465 e. The summed E-state index contributed by atoms with van der Waals surface area (Å²) in [5, 5.41) is 0.460. The molecule has 6 heteroatoms. The zero-order chi connectivity index (χ0) is 20.4. The molecular weight excluding hydrogens is 378 g/mol. The molecule has 1 aliphatic heterocycles. The van der Waals surface area contributed by atoms with E-state index in [9.17, 15) is 14.4 Å². The van der Waals surface area contributed by atoms with E-state index in [1.165, 1.54) is 18.9 Å². The summed E-state index contributed by atoms with van der Waals surface area (Å²) in [5.74, 6) is -1.12. The Morgan fingerprint density at radius 3 is 2.46 bits per heavy atom. The molecule has 0 radical (unpaired) electrons. The Labute approximate surface area is 167 Å². The topological polar surface area (TPSA) is 63.7 Å². The number of esters is 1. The van der Waals surface area contributed by atoms with Crippen molar-refractivity contribution in [3.63, 3.8) is 0 Å². The van der Waals surface area contributed by atoms with E-state index in [0.29, 0.717) is 27.5 Å². The minimum atomic E-state index is -0.616. The van der Waals surface area contributed by atoms with Gasteiger partial charge in [0, 0.05) is 22.0 Å². The normalized spacial score (nSPS) is 15.4. The van der Waals surface area contributed by atoms with Crippen LogP contribution in [0.25, 0.3) is 6.08 Å². The van der Waals surface area contributed by atoms with Crippen molar-refractivity contribution in [1.29, 1.82) is 0 Å². The summed E-state index contributed by atoms with van der Waals surface area (Å²) >= 11 is 6.22. The number of Topliss-reactive ketones (excluding diaryl/α,β-unsaturated/α-hetero) is 1. The first kappa shape index (κ1) is 19.6. The van der Waals surface area contributed by atoms with Crippen molar-refractivity contribution in [3.05, 3.63) is 81.5 Å². The Hall–Kier alpha value is -3.18. The van der Waals surface area contributed by atoms with Crippen molar-refractivity contribution in [2.24, 2.45) is 0 Å². The molecule has 2 aromatic carbocycles. The van der Waals surface area contributed by atoms with Gasteiger partial charge >= 0.3 is 5.97 Å². The van der Waals surface area contributed by atoms with Gasteiger partial charge in [0.15, 0.2) is 5.78 Å². The first-order valence-corrected chi connectivity index (χ1v) is 8.94. The summed E-state index contributed by atoms with van der Waals surface area (Å²) in [6, 6.07) is 13.7. The van der Waals surface area contributed by atoms with Crippen LogP contribution >= 0.6 is 11.6 Å². The molecule has 1 heterocycles. The van der Waals surface area contributed by atoms with Gasteiger partial charge in [-0.1, -0.05) is 41.9 Å². The molecular formula is C22H18ClNO4. The smallest absolute Gasteiger partial charge is 0.340 e. The highest BCUT2D eigenvalue weighted by atomic mass is 35.5. The number of hydrogen-bond donors (Lipinski definition) is 0. The molecule has 0 aliphatic carbocycles. The molecule has 0 saturated carbocycles. The van der Waals surface area contributed by atoms with Crippen LogP contribution < -0.4 is 4.90 Å². The van der Waals surface area contributed by atoms with Crippen LogP contribution in [0.15, 0.2) is 65.4 Å². The molecule has 0 aromatic heterocycles. The molecule has 5 nitrogen and oxygen atoms in total. The van der Waals surface area contributed by atoms with Gasteiger partial charge in [-0.3, -0.25) is 14.5 Å². The third-order valence-electron chi connectivity index (χ3n) is 4.51. The highest BCUT2D eigenvalue weighted by molar-refractivity contribution is 6.32. The Morgan fingerprint density at radius 2 is 1.82 bits per heavy atom. The number of ether oxygens (including phenoxy) is 1. The lowest BCUT2D eigenvalue weighted by Gasteiger charge is -2.18. The van der Waals surface area contributed by atoms with Crippen molar-refractivity contribution in [2.75, 3.05) is 12.0 Å². The number of halogens is 1. The fourth-order valence-corrected chi connectivity index (χ4v) is 3.29. The second-order valence-electron chi connectivity index (χ2n) is 6.28. The van der Waals surface area contributed by atoms with E-state index in [1.54, 1.807) is 61.5 Å². The second-order valence-corrected chi connectivity index (χ2v) is 6.69. The SMILES string of the molecule is COC(=O)C1=C(C)N(c2cccc(C(C)=O)c2)C(=O)/C1=C\c1ccccc1Cl. The summed E-state index contributed by atoms with van der Waals surface area (Å²) in [4.78, 5) is 38.8. The number of rotatable bonds is 4. The molecule has 3 rings (SSSR count). The van der Waals surface area contributed by atoms with Gasteiger partial charge in [-0.2, -0.15) is 0 Å². The number of carbonyl (C=O) groups is 3. The Kier molecular flexibility index (Phi) is 5.47. The van der Waals surface area contributed by atoms with E-state index in [1.807, 2.05) is 0 Å². The number of nitrogens with zero attached hydrogens (tertiary/aromatic N) is 1. The highest BCUT2D eigenvalue weighted by Gasteiger charge is 2.38. The number of benzene rings is 2. The van der Waals surface area contributed by atoms with Crippen molar-refractivity contribution in [3.8, 4) is 0 Å². The van der Waals surface area contributed by atoms with E-state index in [0.717, 1.165) is 0 Å². The zero-order valence-electron chi connectivity index (χ0n) is 15.7. The average Bonchev–Trinajstić information content (AvgIpc) is 2.93. The van der Waals surface area contributed by atoms with Gasteiger partial charge in [-0.15, -0.1) is 0 Å². The van der Waals surface area contributed by atoms with Crippen LogP contribution in [0.5, 0.6) is 0 Å². The van der Waals surface area contributed by atoms with Crippen molar-refractivity contribution in [1.82, 2.24) is 0 Å². The van der Waals surface area contributed by atoms with Crippen LogP contribution in [0.3, 0.4) is 0 Å². The molecule has 1 aliphatic rings. The molecule has 0 unspecified atom stereocenters. The monoisotopic (exact) mass is 395 g/mol. The molecule has 0 spiro atoms. The Morgan fingerprint density at radius 1 is 1.11 bits per heavy atom. The van der Waals surface area contributed by atoms with E-state index < -0.39 is 11.9 Å². The summed E-state index contributed by atoms with van der Waals surface area (Å²) in [5.41, 5.74) is 2.36. The van der Waals surface area contributed by atoms with Crippen LogP contribution in [-0.4, -0.2) is 24.8 Å². The number of carbonyl (C=O) groups excluding carboxylic acids is 3. The summed E-state index contributed by atoms with van der Waals surface area (Å²) in [6.45, 7) is 3.12. The van der Waals surface area contributed by atoms with Crippen LogP contribution in [0.4, 0.5) is 5.69 Å². The maximum atomic E-state index is 13.2. The molecule has 0 bridgehead atoms. The minimum Gasteiger partial charge on any atom is -0.465 e. The average molecular weight is 396 g/mol. The van der Waals surface area contributed by atoms with E-state index >= 15 is 0 Å². The highest BCUT2D eigenvalue weighted by Crippen LogP contribution is 2.36. The van der Waals surface area contributed by atoms with Crippen LogP contribution in [0.2, 0.25) is 5.02 Å². The van der Waals surface area contributed by atoms with Crippen molar-refractivity contribution >= 4 is 41.0 Å². The molecule has 0 saturated heterocycles. The first-order valence-electron chi connectivity index (χ1n) is 8.56. The van der Waals surface area contributed by atoms with Gasteiger partial charge in [-0.25, -0.2) is 4.79 Å². The molecule has 0 N–H and O–H groups in total. The number of methoxy groups -OCH3 is 1. The molecule has 0 fully saturated rings. The Bertz CT molecular complexity index is 1050. The van der Waals surface area contributed by atoms with Crippen molar-refractivity contribution < 1.29 is 19.1 Å². The van der Waals surface area contributed by atoms with Crippen LogP contribution in [0, 0.1) is 0 Å². The van der Waals surface area contributed by atoms with Gasteiger partial charge in [0.25, 0.3) is 5.91 Å². The van der Waals surface area contributed by atoms with Gasteiger partial charge in [0.1, 0.15) is 0 Å². The predicted octanol–water partition coefficient (Wildman–Crippen LogP) is 4.42. The Balaban J connectivity index is 2.17. The van der Waals surface area contributed by atoms with Gasteiger partial charge in [-0.05, 0) is 43.7 Å². The molecule has 28 heavy (non-hydrogen) atoms. The predicted molar refractivity (Wildman–Crippen MR) is 108 cm³/mol. The molecule has 142 valence electrons. The minimum absolute atomic E-state index is 0.116. The lowest BCUT2D eigenvalue weighted by molar-refractivity contribution is -0.136. The van der Waals surface area contributed by atoms with Crippen molar-refractivity contribution in [2.45, 2.75) is 13.8 Å².